The van der Waals surface area contributed by atoms with Crippen molar-refractivity contribution in [3.63, 3.8) is 0 Å². The van der Waals surface area contributed by atoms with Gasteiger partial charge in [0.2, 0.25) is 0 Å². The van der Waals surface area contributed by atoms with Crippen LogP contribution in [-0.2, 0) is 11.2 Å². The van der Waals surface area contributed by atoms with Gasteiger partial charge in [0.1, 0.15) is 0 Å². The Kier molecular flexibility index (Phi) is 6.10. The van der Waals surface area contributed by atoms with Crippen molar-refractivity contribution in [2.24, 2.45) is 0 Å². The maximum Gasteiger partial charge on any atom is 0.255 e. The number of piperazine rings is 1. The van der Waals surface area contributed by atoms with Crippen molar-refractivity contribution in [2.45, 2.75) is 31.8 Å². The molecule has 1 aromatic carbocycles. The van der Waals surface area contributed by atoms with Crippen LogP contribution >= 0.6 is 0 Å². The highest BCUT2D eigenvalue weighted by Crippen LogP contribution is 2.24. The van der Waals surface area contributed by atoms with Gasteiger partial charge in [0, 0.05) is 45.8 Å². The van der Waals surface area contributed by atoms with Crippen LogP contribution in [0.1, 0.15) is 25.3 Å². The molecule has 1 N–H and O–H groups in total. The third-order valence-electron chi connectivity index (χ3n) is 5.61. The van der Waals surface area contributed by atoms with Crippen molar-refractivity contribution in [3.8, 4) is 0 Å². The van der Waals surface area contributed by atoms with Gasteiger partial charge in [-0.1, -0.05) is 37.3 Å². The minimum Gasteiger partial charge on any atom is -0.379 e. The SMILES string of the molecule is CCN1CCN(CC2(O)CCCN(CCc3ccccc3)C2=O)CC1. The quantitative estimate of drug-likeness (QED) is 0.842. The Morgan fingerprint density at radius 3 is 2.40 bits per heavy atom. The summed E-state index contributed by atoms with van der Waals surface area (Å²) in [5.74, 6) is -0.0763. The molecule has 2 aliphatic rings. The molecule has 3 rings (SSSR count). The summed E-state index contributed by atoms with van der Waals surface area (Å²) in [6.45, 7) is 9.11. The van der Waals surface area contributed by atoms with E-state index in [2.05, 4.69) is 28.9 Å². The van der Waals surface area contributed by atoms with Crippen LogP contribution in [0.5, 0.6) is 0 Å². The molecule has 1 aromatic rings. The Morgan fingerprint density at radius 1 is 1.04 bits per heavy atom. The Hall–Kier alpha value is -1.43. The van der Waals surface area contributed by atoms with Gasteiger partial charge in [-0.2, -0.15) is 0 Å². The molecule has 2 saturated heterocycles. The number of piperidine rings is 1. The Bertz CT molecular complexity index is 557. The Labute approximate surface area is 151 Å². The van der Waals surface area contributed by atoms with Crippen molar-refractivity contribution in [3.05, 3.63) is 35.9 Å². The molecule has 0 aromatic heterocycles. The van der Waals surface area contributed by atoms with Gasteiger partial charge >= 0.3 is 0 Å². The van der Waals surface area contributed by atoms with Crippen LogP contribution in [0.3, 0.4) is 0 Å². The van der Waals surface area contributed by atoms with E-state index in [9.17, 15) is 9.90 Å². The van der Waals surface area contributed by atoms with E-state index in [-0.39, 0.29) is 5.91 Å². The van der Waals surface area contributed by atoms with Crippen LogP contribution in [0.4, 0.5) is 0 Å². The molecular formula is C20H31N3O2. The predicted molar refractivity (Wildman–Crippen MR) is 99.5 cm³/mol. The zero-order valence-corrected chi connectivity index (χ0v) is 15.4. The lowest BCUT2D eigenvalue weighted by molar-refractivity contribution is -0.160. The maximum absolute atomic E-state index is 12.9. The average Bonchev–Trinajstić information content (AvgIpc) is 2.64. The second kappa shape index (κ2) is 8.30. The highest BCUT2D eigenvalue weighted by molar-refractivity contribution is 5.86. The number of amides is 1. The number of carbonyl (C=O) groups excluding carboxylic acids is 1. The largest absolute Gasteiger partial charge is 0.379 e. The van der Waals surface area contributed by atoms with Gasteiger partial charge < -0.3 is 14.9 Å². The fourth-order valence-electron chi connectivity index (χ4n) is 3.97. The van der Waals surface area contributed by atoms with Gasteiger partial charge in [0.25, 0.3) is 5.91 Å². The number of likely N-dealkylation sites (tertiary alicyclic amines) is 1. The minimum atomic E-state index is -1.21. The van der Waals surface area contributed by atoms with Crippen LogP contribution in [0, 0.1) is 0 Å². The van der Waals surface area contributed by atoms with E-state index in [1.54, 1.807) is 0 Å². The second-order valence-corrected chi connectivity index (χ2v) is 7.37. The van der Waals surface area contributed by atoms with Crippen LogP contribution in [-0.4, -0.2) is 83.7 Å². The van der Waals surface area contributed by atoms with Crippen molar-refractivity contribution in [1.82, 2.24) is 14.7 Å². The zero-order chi connectivity index (χ0) is 17.7. The first-order chi connectivity index (χ1) is 12.1. The van der Waals surface area contributed by atoms with E-state index in [1.807, 2.05) is 23.1 Å². The molecule has 0 bridgehead atoms. The number of benzene rings is 1. The summed E-state index contributed by atoms with van der Waals surface area (Å²) in [4.78, 5) is 19.4. The van der Waals surface area contributed by atoms with Crippen LogP contribution < -0.4 is 0 Å². The molecular weight excluding hydrogens is 314 g/mol. The third kappa shape index (κ3) is 4.60. The van der Waals surface area contributed by atoms with Crippen LogP contribution in [0.25, 0.3) is 0 Å². The summed E-state index contributed by atoms with van der Waals surface area (Å²) in [7, 11) is 0. The van der Waals surface area contributed by atoms with Crippen molar-refractivity contribution >= 4 is 5.91 Å². The molecule has 0 radical (unpaired) electrons. The van der Waals surface area contributed by atoms with E-state index in [0.717, 1.165) is 52.1 Å². The van der Waals surface area contributed by atoms with Gasteiger partial charge in [0.15, 0.2) is 5.60 Å². The number of hydrogen-bond donors (Lipinski definition) is 1. The number of carbonyl (C=O) groups is 1. The smallest absolute Gasteiger partial charge is 0.255 e. The molecule has 1 amide bonds. The molecule has 2 fully saturated rings. The topological polar surface area (TPSA) is 47.0 Å². The van der Waals surface area contributed by atoms with Crippen molar-refractivity contribution < 1.29 is 9.90 Å². The zero-order valence-electron chi connectivity index (χ0n) is 15.4. The van der Waals surface area contributed by atoms with E-state index >= 15 is 0 Å². The van der Waals surface area contributed by atoms with Gasteiger partial charge in [-0.3, -0.25) is 9.69 Å². The lowest BCUT2D eigenvalue weighted by Gasteiger charge is -2.43. The van der Waals surface area contributed by atoms with Crippen molar-refractivity contribution in [2.75, 3.05) is 52.4 Å². The molecule has 1 atom stereocenters. The average molecular weight is 345 g/mol. The first-order valence-corrected chi connectivity index (χ1v) is 9.61. The predicted octanol–water partition coefficient (Wildman–Crippen LogP) is 1.22. The van der Waals surface area contributed by atoms with Gasteiger partial charge in [-0.15, -0.1) is 0 Å². The molecule has 0 saturated carbocycles. The van der Waals surface area contributed by atoms with Crippen LogP contribution in [0.2, 0.25) is 0 Å². The molecule has 138 valence electrons. The molecule has 0 spiro atoms. The molecule has 5 nitrogen and oxygen atoms in total. The highest BCUT2D eigenvalue weighted by Gasteiger charge is 2.43. The second-order valence-electron chi connectivity index (χ2n) is 7.37. The lowest BCUT2D eigenvalue weighted by atomic mass is 9.90. The monoisotopic (exact) mass is 345 g/mol. The fourth-order valence-corrected chi connectivity index (χ4v) is 3.97. The first-order valence-electron chi connectivity index (χ1n) is 9.61. The number of aliphatic hydroxyl groups is 1. The Balaban J connectivity index is 1.55. The summed E-state index contributed by atoms with van der Waals surface area (Å²) >= 11 is 0. The summed E-state index contributed by atoms with van der Waals surface area (Å²) in [6.07, 6.45) is 2.31. The highest BCUT2D eigenvalue weighted by atomic mass is 16.3. The number of nitrogens with zero attached hydrogens (tertiary/aromatic N) is 3. The first kappa shape index (κ1) is 18.4. The van der Waals surface area contributed by atoms with Gasteiger partial charge in [-0.25, -0.2) is 0 Å². The molecule has 2 aliphatic heterocycles. The van der Waals surface area contributed by atoms with E-state index in [1.165, 1.54) is 5.56 Å². The van der Waals surface area contributed by atoms with Crippen molar-refractivity contribution in [1.29, 1.82) is 0 Å². The third-order valence-corrected chi connectivity index (χ3v) is 5.61. The summed E-state index contributed by atoms with van der Waals surface area (Å²) in [5.41, 5.74) is 0.0312. The summed E-state index contributed by atoms with van der Waals surface area (Å²) in [5, 5.41) is 11.0. The number of hydrogen-bond acceptors (Lipinski definition) is 4. The minimum absolute atomic E-state index is 0.0763. The normalized spacial score (nSPS) is 26.2. The van der Waals surface area contributed by atoms with Gasteiger partial charge in [-0.05, 0) is 31.4 Å². The number of β-amino-alcohol motifs (C(OH)–C–C–N with tert-alkyl or cyclic N) is 1. The number of likely N-dealkylation sites (N-methyl/N-ethyl adjacent to an activating group) is 1. The maximum atomic E-state index is 12.9. The standard InChI is InChI=1S/C20H31N3O2/c1-2-21-13-15-22(16-14-21)17-20(25)10-6-11-23(19(20)24)12-9-18-7-4-3-5-8-18/h3-5,7-8,25H,2,6,9-17H2,1H3. The summed E-state index contributed by atoms with van der Waals surface area (Å²) < 4.78 is 0. The fraction of sp³-hybridized carbons (Fsp3) is 0.650. The van der Waals surface area contributed by atoms with Gasteiger partial charge in [0.05, 0.1) is 0 Å². The number of rotatable bonds is 6. The molecule has 1 unspecified atom stereocenters. The lowest BCUT2D eigenvalue weighted by Crippen LogP contribution is -2.60. The van der Waals surface area contributed by atoms with E-state index in [0.29, 0.717) is 19.5 Å². The van der Waals surface area contributed by atoms with E-state index in [4.69, 9.17) is 0 Å². The van der Waals surface area contributed by atoms with Crippen LogP contribution in [0.15, 0.2) is 30.3 Å². The molecule has 0 aliphatic carbocycles. The molecule has 25 heavy (non-hydrogen) atoms. The summed E-state index contributed by atoms with van der Waals surface area (Å²) in [6, 6.07) is 10.2. The van der Waals surface area contributed by atoms with E-state index < -0.39 is 5.60 Å². The molecule has 5 heteroatoms. The molecule has 2 heterocycles. The Morgan fingerprint density at radius 2 is 1.72 bits per heavy atom.